The molecule has 0 aliphatic rings. The number of rotatable bonds is 3. The summed E-state index contributed by atoms with van der Waals surface area (Å²) >= 11 is 11.9. The summed E-state index contributed by atoms with van der Waals surface area (Å²) in [6, 6.07) is 10.9. The highest BCUT2D eigenvalue weighted by molar-refractivity contribution is 6.44. The minimum Gasteiger partial charge on any atom is -0.399 e. The quantitative estimate of drug-likeness (QED) is 0.847. The number of anilines is 1. The first kappa shape index (κ1) is 14.7. The molecule has 2 aromatic carbocycles. The molecule has 0 aromatic heterocycles. The van der Waals surface area contributed by atoms with Crippen LogP contribution in [0.5, 0.6) is 0 Å². The first-order valence-electron chi connectivity index (χ1n) is 6.06. The van der Waals surface area contributed by atoms with E-state index < -0.39 is 0 Å². The number of nitrogen functional groups attached to an aromatic ring is 1. The summed E-state index contributed by atoms with van der Waals surface area (Å²) in [7, 11) is 0. The van der Waals surface area contributed by atoms with Gasteiger partial charge in [0.2, 0.25) is 0 Å². The minimum atomic E-state index is -0.299. The molecule has 0 saturated carbocycles. The maximum atomic E-state index is 12.1. The number of carbonyl (C=O) groups excluding carboxylic acids is 1. The van der Waals surface area contributed by atoms with Crippen LogP contribution < -0.4 is 11.1 Å². The van der Waals surface area contributed by atoms with Gasteiger partial charge >= 0.3 is 0 Å². The Morgan fingerprint density at radius 3 is 2.65 bits per heavy atom. The number of hydrogen-bond acceptors (Lipinski definition) is 2. The van der Waals surface area contributed by atoms with Gasteiger partial charge in [-0.05, 0) is 30.2 Å². The third-order valence-electron chi connectivity index (χ3n) is 3.00. The van der Waals surface area contributed by atoms with Crippen LogP contribution in [0.1, 0.15) is 21.5 Å². The van der Waals surface area contributed by atoms with Crippen molar-refractivity contribution in [1.29, 1.82) is 0 Å². The normalized spacial score (nSPS) is 10.3. The summed E-state index contributed by atoms with van der Waals surface area (Å²) < 4.78 is 0. The third kappa shape index (κ3) is 3.24. The van der Waals surface area contributed by atoms with E-state index in [9.17, 15) is 4.79 Å². The minimum absolute atomic E-state index is 0.211. The average molecular weight is 309 g/mol. The summed E-state index contributed by atoms with van der Waals surface area (Å²) in [5.41, 5.74) is 8.52. The van der Waals surface area contributed by atoms with Crippen LogP contribution >= 0.6 is 23.2 Å². The van der Waals surface area contributed by atoms with Crippen molar-refractivity contribution in [3.8, 4) is 0 Å². The van der Waals surface area contributed by atoms with Gasteiger partial charge in [-0.1, -0.05) is 47.5 Å². The molecule has 20 heavy (non-hydrogen) atoms. The molecule has 104 valence electrons. The van der Waals surface area contributed by atoms with Crippen LogP contribution in [0.2, 0.25) is 10.0 Å². The lowest BCUT2D eigenvalue weighted by atomic mass is 10.1. The predicted molar refractivity (Wildman–Crippen MR) is 83.2 cm³/mol. The second-order valence-corrected chi connectivity index (χ2v) is 5.26. The van der Waals surface area contributed by atoms with E-state index in [1.54, 1.807) is 0 Å². The lowest BCUT2D eigenvalue weighted by molar-refractivity contribution is 0.0951. The number of carbonyl (C=O) groups is 1. The van der Waals surface area contributed by atoms with Gasteiger partial charge < -0.3 is 11.1 Å². The van der Waals surface area contributed by atoms with Crippen LogP contribution in [-0.4, -0.2) is 5.91 Å². The molecule has 5 heteroatoms. The second kappa shape index (κ2) is 6.16. The Bertz CT molecular complexity index is 656. The molecule has 2 rings (SSSR count). The highest BCUT2D eigenvalue weighted by Crippen LogP contribution is 2.28. The van der Waals surface area contributed by atoms with Gasteiger partial charge in [0.25, 0.3) is 5.91 Å². The standard InChI is InChI=1S/C15H14Cl2N2O/c1-9-4-2-3-5-10(9)8-19-15(20)12-6-11(18)7-13(16)14(12)17/h2-7H,8,18H2,1H3,(H,19,20). The third-order valence-corrected chi connectivity index (χ3v) is 3.80. The number of hydrogen-bond donors (Lipinski definition) is 2. The summed E-state index contributed by atoms with van der Waals surface area (Å²) in [6.45, 7) is 2.42. The lowest BCUT2D eigenvalue weighted by Crippen LogP contribution is -2.23. The number of nitrogens with one attached hydrogen (secondary N) is 1. The molecule has 2 aromatic rings. The molecular formula is C15H14Cl2N2O. The van der Waals surface area contributed by atoms with E-state index in [1.807, 2.05) is 31.2 Å². The van der Waals surface area contributed by atoms with Crippen molar-refractivity contribution in [2.45, 2.75) is 13.5 Å². The zero-order valence-electron chi connectivity index (χ0n) is 10.9. The molecule has 0 atom stereocenters. The zero-order valence-corrected chi connectivity index (χ0v) is 12.4. The molecule has 3 N–H and O–H groups in total. The van der Waals surface area contributed by atoms with Crippen LogP contribution in [0.25, 0.3) is 0 Å². The van der Waals surface area contributed by atoms with E-state index in [0.717, 1.165) is 11.1 Å². The highest BCUT2D eigenvalue weighted by atomic mass is 35.5. The highest BCUT2D eigenvalue weighted by Gasteiger charge is 2.14. The molecule has 0 spiro atoms. The van der Waals surface area contributed by atoms with E-state index in [2.05, 4.69) is 5.32 Å². The maximum Gasteiger partial charge on any atom is 0.253 e. The SMILES string of the molecule is Cc1ccccc1CNC(=O)c1cc(N)cc(Cl)c1Cl. The van der Waals surface area contributed by atoms with Gasteiger partial charge in [0.15, 0.2) is 0 Å². The van der Waals surface area contributed by atoms with E-state index in [0.29, 0.717) is 12.2 Å². The van der Waals surface area contributed by atoms with Gasteiger partial charge in [0, 0.05) is 12.2 Å². The first-order chi connectivity index (χ1) is 9.49. The molecule has 0 aliphatic heterocycles. The van der Waals surface area contributed by atoms with Crippen molar-refractivity contribution in [3.05, 3.63) is 63.1 Å². The van der Waals surface area contributed by atoms with Gasteiger partial charge in [-0.15, -0.1) is 0 Å². The topological polar surface area (TPSA) is 55.1 Å². The fraction of sp³-hybridized carbons (Fsp3) is 0.133. The molecule has 0 fully saturated rings. The Morgan fingerprint density at radius 1 is 1.25 bits per heavy atom. The van der Waals surface area contributed by atoms with E-state index in [-0.39, 0.29) is 21.5 Å². The monoisotopic (exact) mass is 308 g/mol. The van der Waals surface area contributed by atoms with Crippen molar-refractivity contribution in [2.24, 2.45) is 0 Å². The van der Waals surface area contributed by atoms with E-state index >= 15 is 0 Å². The Balaban J connectivity index is 2.15. The van der Waals surface area contributed by atoms with Gasteiger partial charge in [0.05, 0.1) is 15.6 Å². The molecule has 0 saturated heterocycles. The number of benzene rings is 2. The van der Waals surface area contributed by atoms with Crippen LogP contribution in [0.3, 0.4) is 0 Å². The Morgan fingerprint density at radius 2 is 1.95 bits per heavy atom. The van der Waals surface area contributed by atoms with Crippen LogP contribution in [0.15, 0.2) is 36.4 Å². The number of amides is 1. The Labute approximate surface area is 127 Å². The number of aryl methyl sites for hydroxylation is 1. The summed E-state index contributed by atoms with van der Waals surface area (Å²) in [4.78, 5) is 12.1. The molecule has 0 bridgehead atoms. The first-order valence-corrected chi connectivity index (χ1v) is 6.82. The van der Waals surface area contributed by atoms with E-state index in [4.69, 9.17) is 28.9 Å². The van der Waals surface area contributed by atoms with Gasteiger partial charge in [0.1, 0.15) is 0 Å². The van der Waals surface area contributed by atoms with Crippen LogP contribution in [0.4, 0.5) is 5.69 Å². The van der Waals surface area contributed by atoms with Crippen molar-refractivity contribution < 1.29 is 4.79 Å². The second-order valence-electron chi connectivity index (χ2n) is 4.47. The molecule has 0 radical (unpaired) electrons. The summed E-state index contributed by atoms with van der Waals surface area (Å²) in [5, 5.41) is 3.30. The molecule has 1 amide bonds. The fourth-order valence-electron chi connectivity index (χ4n) is 1.85. The summed E-state index contributed by atoms with van der Waals surface area (Å²) in [6.07, 6.45) is 0. The van der Waals surface area contributed by atoms with Gasteiger partial charge in [-0.3, -0.25) is 4.79 Å². The van der Waals surface area contributed by atoms with Crippen molar-refractivity contribution in [3.63, 3.8) is 0 Å². The Kier molecular flexibility index (Phi) is 4.53. The summed E-state index contributed by atoms with van der Waals surface area (Å²) in [5.74, 6) is -0.299. The molecule has 0 heterocycles. The predicted octanol–water partition coefficient (Wildman–Crippen LogP) is 3.81. The Hall–Kier alpha value is -1.71. The van der Waals surface area contributed by atoms with E-state index in [1.165, 1.54) is 12.1 Å². The molecule has 3 nitrogen and oxygen atoms in total. The molecule has 0 aliphatic carbocycles. The van der Waals surface area contributed by atoms with Crippen molar-refractivity contribution in [2.75, 3.05) is 5.73 Å². The van der Waals surface area contributed by atoms with Crippen LogP contribution in [0, 0.1) is 6.92 Å². The fourth-order valence-corrected chi connectivity index (χ4v) is 2.28. The number of nitrogens with two attached hydrogens (primary N) is 1. The van der Waals surface area contributed by atoms with Crippen LogP contribution in [-0.2, 0) is 6.54 Å². The average Bonchev–Trinajstić information content (AvgIpc) is 2.41. The zero-order chi connectivity index (χ0) is 14.7. The molecular weight excluding hydrogens is 295 g/mol. The molecule has 0 unspecified atom stereocenters. The maximum absolute atomic E-state index is 12.1. The number of halogens is 2. The lowest BCUT2D eigenvalue weighted by Gasteiger charge is -2.10. The van der Waals surface area contributed by atoms with Gasteiger partial charge in [-0.2, -0.15) is 0 Å². The largest absolute Gasteiger partial charge is 0.399 e. The van der Waals surface area contributed by atoms with Gasteiger partial charge in [-0.25, -0.2) is 0 Å². The van der Waals surface area contributed by atoms with Crippen molar-refractivity contribution >= 4 is 34.8 Å². The smallest absolute Gasteiger partial charge is 0.253 e. The van der Waals surface area contributed by atoms with Crippen molar-refractivity contribution in [1.82, 2.24) is 5.32 Å².